The maximum atomic E-state index is 8.78. The SMILES string of the molecule is CN(CCCC(C)(N)C#N)C1CCCC1. The molecule has 0 aliphatic heterocycles. The number of hydrogen-bond acceptors (Lipinski definition) is 3. The van der Waals surface area contributed by atoms with Crippen LogP contribution < -0.4 is 5.73 Å². The number of nitrogens with two attached hydrogens (primary N) is 1. The molecule has 1 unspecified atom stereocenters. The smallest absolute Gasteiger partial charge is 0.101 e. The van der Waals surface area contributed by atoms with E-state index in [1.165, 1.54) is 25.7 Å². The van der Waals surface area contributed by atoms with Gasteiger partial charge in [0.05, 0.1) is 6.07 Å². The third-order valence-electron chi connectivity index (χ3n) is 3.41. The molecule has 1 atom stereocenters. The average Bonchev–Trinajstić information content (AvgIpc) is 2.70. The molecule has 0 amide bonds. The van der Waals surface area contributed by atoms with Crippen molar-refractivity contribution in [2.24, 2.45) is 5.73 Å². The maximum absolute atomic E-state index is 8.78. The number of nitrogens with zero attached hydrogens (tertiary/aromatic N) is 2. The van der Waals surface area contributed by atoms with Crippen molar-refractivity contribution in [2.75, 3.05) is 13.6 Å². The van der Waals surface area contributed by atoms with Crippen LogP contribution in [0.2, 0.25) is 0 Å². The summed E-state index contributed by atoms with van der Waals surface area (Å²) in [5.41, 5.74) is 5.13. The topological polar surface area (TPSA) is 53.0 Å². The summed E-state index contributed by atoms with van der Waals surface area (Å²) < 4.78 is 0. The van der Waals surface area contributed by atoms with Crippen LogP contribution in [0.4, 0.5) is 0 Å². The standard InChI is InChI=1S/C12H23N3/c1-12(14,10-13)8-5-9-15(2)11-6-3-4-7-11/h11H,3-9,14H2,1-2H3. The maximum Gasteiger partial charge on any atom is 0.101 e. The first-order valence-corrected chi connectivity index (χ1v) is 5.95. The van der Waals surface area contributed by atoms with Crippen LogP contribution >= 0.6 is 0 Å². The molecule has 0 aromatic carbocycles. The molecular weight excluding hydrogens is 186 g/mol. The molecule has 1 saturated carbocycles. The van der Waals surface area contributed by atoms with Gasteiger partial charge in [-0.1, -0.05) is 12.8 Å². The van der Waals surface area contributed by atoms with E-state index >= 15 is 0 Å². The molecule has 1 aliphatic rings. The molecule has 0 spiro atoms. The molecule has 0 aromatic rings. The van der Waals surface area contributed by atoms with Gasteiger partial charge in [0.2, 0.25) is 0 Å². The Morgan fingerprint density at radius 1 is 1.47 bits per heavy atom. The van der Waals surface area contributed by atoms with Gasteiger partial charge in [0.25, 0.3) is 0 Å². The van der Waals surface area contributed by atoms with Gasteiger partial charge >= 0.3 is 0 Å². The highest BCUT2D eigenvalue weighted by atomic mass is 15.1. The highest BCUT2D eigenvalue weighted by molar-refractivity contribution is 5.00. The summed E-state index contributed by atoms with van der Waals surface area (Å²) in [6.07, 6.45) is 7.25. The Morgan fingerprint density at radius 3 is 2.60 bits per heavy atom. The zero-order valence-electron chi connectivity index (χ0n) is 10.00. The predicted molar refractivity (Wildman–Crippen MR) is 62.3 cm³/mol. The normalized spacial score (nSPS) is 21.5. The minimum atomic E-state index is -0.642. The average molecular weight is 209 g/mol. The summed E-state index contributed by atoms with van der Waals surface area (Å²) >= 11 is 0. The molecule has 0 aromatic heterocycles. The van der Waals surface area contributed by atoms with Gasteiger partial charge in [-0.25, -0.2) is 0 Å². The second-order valence-corrected chi connectivity index (χ2v) is 5.05. The highest BCUT2D eigenvalue weighted by Crippen LogP contribution is 2.22. The Balaban J connectivity index is 2.17. The van der Waals surface area contributed by atoms with Crippen LogP contribution in [-0.4, -0.2) is 30.1 Å². The lowest BCUT2D eigenvalue weighted by Crippen LogP contribution is -2.36. The molecule has 3 nitrogen and oxygen atoms in total. The van der Waals surface area contributed by atoms with E-state index in [1.807, 2.05) is 6.92 Å². The van der Waals surface area contributed by atoms with E-state index in [-0.39, 0.29) is 0 Å². The van der Waals surface area contributed by atoms with Crippen molar-refractivity contribution in [1.29, 1.82) is 5.26 Å². The molecule has 0 bridgehead atoms. The van der Waals surface area contributed by atoms with E-state index in [4.69, 9.17) is 11.0 Å². The van der Waals surface area contributed by atoms with Crippen molar-refractivity contribution in [3.63, 3.8) is 0 Å². The summed E-state index contributed by atoms with van der Waals surface area (Å²) in [6, 6.07) is 2.92. The quantitative estimate of drug-likeness (QED) is 0.752. The Labute approximate surface area is 93.2 Å². The zero-order valence-corrected chi connectivity index (χ0v) is 10.00. The van der Waals surface area contributed by atoms with Gasteiger partial charge in [-0.2, -0.15) is 5.26 Å². The molecule has 0 heterocycles. The van der Waals surface area contributed by atoms with Gasteiger partial charge in [0.1, 0.15) is 5.54 Å². The minimum absolute atomic E-state index is 0.642. The molecule has 1 rings (SSSR count). The predicted octanol–water partition coefficient (Wildman–Crippen LogP) is 1.88. The third kappa shape index (κ3) is 4.19. The van der Waals surface area contributed by atoms with Gasteiger partial charge < -0.3 is 10.6 Å². The van der Waals surface area contributed by atoms with Gasteiger partial charge in [0, 0.05) is 6.04 Å². The van der Waals surface area contributed by atoms with Gasteiger partial charge in [-0.15, -0.1) is 0 Å². The summed E-state index contributed by atoms with van der Waals surface area (Å²) in [5, 5.41) is 8.78. The van der Waals surface area contributed by atoms with Gasteiger partial charge in [-0.3, -0.25) is 0 Å². The molecule has 1 aliphatic carbocycles. The highest BCUT2D eigenvalue weighted by Gasteiger charge is 2.21. The monoisotopic (exact) mass is 209 g/mol. The van der Waals surface area contributed by atoms with E-state index in [1.54, 1.807) is 0 Å². The van der Waals surface area contributed by atoms with Crippen LogP contribution in [0, 0.1) is 11.3 Å². The molecule has 2 N–H and O–H groups in total. The summed E-state index contributed by atoms with van der Waals surface area (Å²) in [7, 11) is 2.19. The molecule has 3 heteroatoms. The van der Waals surface area contributed by atoms with Crippen molar-refractivity contribution < 1.29 is 0 Å². The van der Waals surface area contributed by atoms with Crippen molar-refractivity contribution in [1.82, 2.24) is 4.90 Å². The fourth-order valence-electron chi connectivity index (χ4n) is 2.28. The third-order valence-corrected chi connectivity index (χ3v) is 3.41. The first-order chi connectivity index (χ1) is 7.05. The fraction of sp³-hybridized carbons (Fsp3) is 0.917. The van der Waals surface area contributed by atoms with Crippen LogP contribution in [0.5, 0.6) is 0 Å². The second-order valence-electron chi connectivity index (χ2n) is 5.05. The van der Waals surface area contributed by atoms with Crippen molar-refractivity contribution >= 4 is 0 Å². The van der Waals surface area contributed by atoms with E-state index < -0.39 is 5.54 Å². The number of nitriles is 1. The van der Waals surface area contributed by atoms with Crippen molar-refractivity contribution in [3.8, 4) is 6.07 Å². The summed E-state index contributed by atoms with van der Waals surface area (Å²) in [5.74, 6) is 0. The lowest BCUT2D eigenvalue weighted by atomic mass is 9.99. The van der Waals surface area contributed by atoms with E-state index in [0.717, 1.165) is 25.4 Å². The minimum Gasteiger partial charge on any atom is -0.314 e. The molecule has 0 saturated heterocycles. The van der Waals surface area contributed by atoms with E-state index in [9.17, 15) is 0 Å². The van der Waals surface area contributed by atoms with E-state index in [2.05, 4.69) is 18.0 Å². The number of hydrogen-bond donors (Lipinski definition) is 1. The van der Waals surface area contributed by atoms with E-state index in [0.29, 0.717) is 0 Å². The first-order valence-electron chi connectivity index (χ1n) is 5.95. The Hall–Kier alpha value is -0.590. The van der Waals surface area contributed by atoms with Crippen LogP contribution in [0.15, 0.2) is 0 Å². The Bertz CT molecular complexity index is 224. The number of rotatable bonds is 5. The Morgan fingerprint density at radius 2 is 2.07 bits per heavy atom. The van der Waals surface area contributed by atoms with Crippen molar-refractivity contribution in [2.45, 2.75) is 57.0 Å². The van der Waals surface area contributed by atoms with Gasteiger partial charge in [-0.05, 0) is 46.2 Å². The van der Waals surface area contributed by atoms with Crippen LogP contribution in [0.25, 0.3) is 0 Å². The molecule has 86 valence electrons. The summed E-state index contributed by atoms with van der Waals surface area (Å²) in [6.45, 7) is 2.88. The molecule has 1 fully saturated rings. The van der Waals surface area contributed by atoms with Crippen LogP contribution in [0.1, 0.15) is 45.4 Å². The lowest BCUT2D eigenvalue weighted by Gasteiger charge is -2.25. The molecule has 15 heavy (non-hydrogen) atoms. The first kappa shape index (κ1) is 12.5. The Kier molecular flexibility index (Phi) is 4.56. The lowest BCUT2D eigenvalue weighted by molar-refractivity contribution is 0.236. The largest absolute Gasteiger partial charge is 0.314 e. The van der Waals surface area contributed by atoms with Crippen LogP contribution in [-0.2, 0) is 0 Å². The summed E-state index contributed by atoms with van der Waals surface area (Å²) in [4.78, 5) is 2.43. The zero-order chi connectivity index (χ0) is 11.3. The van der Waals surface area contributed by atoms with Gasteiger partial charge in [0.15, 0.2) is 0 Å². The van der Waals surface area contributed by atoms with Crippen LogP contribution in [0.3, 0.4) is 0 Å². The molecular formula is C12H23N3. The molecule has 0 radical (unpaired) electrons. The fourth-order valence-corrected chi connectivity index (χ4v) is 2.28. The second kappa shape index (κ2) is 5.48. The van der Waals surface area contributed by atoms with Crippen molar-refractivity contribution in [3.05, 3.63) is 0 Å².